The molecule has 0 aromatic heterocycles. The summed E-state index contributed by atoms with van der Waals surface area (Å²) in [7, 11) is 0. The molecule has 0 aromatic rings. The fourth-order valence-corrected chi connectivity index (χ4v) is 2.46. The van der Waals surface area contributed by atoms with Crippen LogP contribution in [0.5, 0.6) is 0 Å². The summed E-state index contributed by atoms with van der Waals surface area (Å²) < 4.78 is 15.1. The minimum Gasteiger partial charge on any atom is -0.394 e. The molecule has 23 heavy (non-hydrogen) atoms. The molecule has 0 radical (unpaired) electrons. The molecule has 0 aromatic carbocycles. The normalized spacial score (nSPS) is 51.7. The lowest BCUT2D eigenvalue weighted by atomic mass is 9.98. The maximum absolute atomic E-state index is 9.78. The second kappa shape index (κ2) is 7.63. The number of aliphatic hydroxyl groups is 8. The molecule has 2 aliphatic rings. The summed E-state index contributed by atoms with van der Waals surface area (Å²) in [5, 5.41) is 76.1. The van der Waals surface area contributed by atoms with Crippen LogP contribution in [0.2, 0.25) is 0 Å². The van der Waals surface area contributed by atoms with E-state index in [2.05, 4.69) is 0 Å². The summed E-state index contributed by atoms with van der Waals surface area (Å²) in [6, 6.07) is 0. The van der Waals surface area contributed by atoms with E-state index in [1.807, 2.05) is 0 Å². The molecule has 2 aliphatic heterocycles. The molecule has 0 saturated carbocycles. The van der Waals surface area contributed by atoms with Crippen molar-refractivity contribution in [2.24, 2.45) is 0 Å². The second-order valence-electron chi connectivity index (χ2n) is 5.57. The molecule has 2 saturated heterocycles. The van der Waals surface area contributed by atoms with Crippen molar-refractivity contribution in [1.82, 2.24) is 0 Å². The molecule has 0 amide bonds. The molecule has 0 unspecified atom stereocenters. The third-order valence-electron chi connectivity index (χ3n) is 3.96. The summed E-state index contributed by atoms with van der Waals surface area (Å²) in [4.78, 5) is 0. The summed E-state index contributed by atoms with van der Waals surface area (Å²) >= 11 is 0. The van der Waals surface area contributed by atoms with Gasteiger partial charge in [0.2, 0.25) is 0 Å². The molecule has 2 heterocycles. The molecule has 2 rings (SSSR count). The Hall–Kier alpha value is -0.440. The highest BCUT2D eigenvalue weighted by atomic mass is 16.7. The summed E-state index contributed by atoms with van der Waals surface area (Å²) in [6.07, 6.45) is -15.3. The molecule has 2 fully saturated rings. The Morgan fingerprint density at radius 2 is 1.22 bits per heavy atom. The summed E-state index contributed by atoms with van der Waals surface area (Å²) in [6.45, 7) is -1.10. The average Bonchev–Trinajstić information content (AvgIpc) is 2.54. The van der Waals surface area contributed by atoms with E-state index in [0.717, 1.165) is 0 Å². The molecular formula is C12H22O11. The van der Waals surface area contributed by atoms with E-state index in [-0.39, 0.29) is 0 Å². The van der Waals surface area contributed by atoms with Gasteiger partial charge in [0.25, 0.3) is 0 Å². The molecule has 0 spiro atoms. The van der Waals surface area contributed by atoms with Gasteiger partial charge in [-0.05, 0) is 0 Å². The maximum Gasteiger partial charge on any atom is 0.186 e. The SMILES string of the molecule is OC[C@H]1O[C@H](OC[C@H]2O[C@H](O)[C@H](O)[C@H](O)[C@@H]2O)[C@H](O)[C@@H](O)[C@@H]1O. The van der Waals surface area contributed by atoms with Crippen LogP contribution in [-0.4, -0.2) is 115 Å². The predicted octanol–water partition coefficient (Wildman–Crippen LogP) is -5.40. The van der Waals surface area contributed by atoms with Gasteiger partial charge in [0.05, 0.1) is 13.2 Å². The van der Waals surface area contributed by atoms with Gasteiger partial charge < -0.3 is 55.1 Å². The van der Waals surface area contributed by atoms with Crippen LogP contribution in [-0.2, 0) is 14.2 Å². The largest absolute Gasteiger partial charge is 0.394 e. The molecular weight excluding hydrogens is 320 g/mol. The minimum atomic E-state index is -1.74. The van der Waals surface area contributed by atoms with Crippen LogP contribution in [0.15, 0.2) is 0 Å². The number of rotatable bonds is 4. The minimum absolute atomic E-state index is 0.468. The van der Waals surface area contributed by atoms with E-state index in [1.54, 1.807) is 0 Å². The van der Waals surface area contributed by atoms with Gasteiger partial charge in [-0.2, -0.15) is 0 Å². The van der Waals surface area contributed by atoms with Crippen LogP contribution in [0.3, 0.4) is 0 Å². The van der Waals surface area contributed by atoms with Gasteiger partial charge in [0.15, 0.2) is 12.6 Å². The molecule has 11 nitrogen and oxygen atoms in total. The summed E-state index contributed by atoms with van der Waals surface area (Å²) in [5.74, 6) is 0. The lowest BCUT2D eigenvalue weighted by molar-refractivity contribution is -0.325. The van der Waals surface area contributed by atoms with Crippen LogP contribution in [0.4, 0.5) is 0 Å². The van der Waals surface area contributed by atoms with E-state index in [1.165, 1.54) is 0 Å². The summed E-state index contributed by atoms with van der Waals surface area (Å²) in [5.41, 5.74) is 0. The van der Waals surface area contributed by atoms with Crippen molar-refractivity contribution in [2.75, 3.05) is 13.2 Å². The van der Waals surface area contributed by atoms with E-state index in [0.29, 0.717) is 0 Å². The molecule has 11 heteroatoms. The average molecular weight is 342 g/mol. The van der Waals surface area contributed by atoms with Crippen LogP contribution >= 0.6 is 0 Å². The number of hydrogen-bond acceptors (Lipinski definition) is 11. The number of hydrogen-bond donors (Lipinski definition) is 8. The van der Waals surface area contributed by atoms with Crippen molar-refractivity contribution in [3.05, 3.63) is 0 Å². The molecule has 10 atom stereocenters. The number of aliphatic hydroxyl groups excluding tert-OH is 8. The Labute approximate surface area is 130 Å². The number of ether oxygens (including phenoxy) is 3. The van der Waals surface area contributed by atoms with Crippen LogP contribution in [0.25, 0.3) is 0 Å². The van der Waals surface area contributed by atoms with Crippen molar-refractivity contribution in [3.8, 4) is 0 Å². The van der Waals surface area contributed by atoms with Crippen molar-refractivity contribution in [1.29, 1.82) is 0 Å². The van der Waals surface area contributed by atoms with Gasteiger partial charge >= 0.3 is 0 Å². The molecule has 8 N–H and O–H groups in total. The van der Waals surface area contributed by atoms with Gasteiger partial charge in [-0.3, -0.25) is 0 Å². The third-order valence-corrected chi connectivity index (χ3v) is 3.96. The fraction of sp³-hybridized carbons (Fsp3) is 1.00. The highest BCUT2D eigenvalue weighted by molar-refractivity contribution is 4.91. The van der Waals surface area contributed by atoms with Crippen molar-refractivity contribution in [2.45, 2.75) is 61.4 Å². The van der Waals surface area contributed by atoms with Crippen LogP contribution in [0.1, 0.15) is 0 Å². The third kappa shape index (κ3) is 3.81. The maximum atomic E-state index is 9.78. The highest BCUT2D eigenvalue weighted by Crippen LogP contribution is 2.24. The molecule has 136 valence electrons. The lowest BCUT2D eigenvalue weighted by Crippen LogP contribution is -2.61. The Bertz CT molecular complexity index is 380. The first-order valence-electron chi connectivity index (χ1n) is 7.07. The van der Waals surface area contributed by atoms with E-state index in [4.69, 9.17) is 19.3 Å². The first-order chi connectivity index (χ1) is 10.8. The van der Waals surface area contributed by atoms with Gasteiger partial charge in [0, 0.05) is 0 Å². The van der Waals surface area contributed by atoms with Crippen molar-refractivity contribution < 1.29 is 55.1 Å². The van der Waals surface area contributed by atoms with Crippen LogP contribution in [0, 0.1) is 0 Å². The molecule has 0 aliphatic carbocycles. The second-order valence-corrected chi connectivity index (χ2v) is 5.57. The Morgan fingerprint density at radius 1 is 0.652 bits per heavy atom. The predicted molar refractivity (Wildman–Crippen MR) is 68.6 cm³/mol. The van der Waals surface area contributed by atoms with Crippen molar-refractivity contribution >= 4 is 0 Å². The van der Waals surface area contributed by atoms with Gasteiger partial charge in [-0.15, -0.1) is 0 Å². The Balaban J connectivity index is 1.94. The monoisotopic (exact) mass is 342 g/mol. The quantitative estimate of drug-likeness (QED) is 0.243. The van der Waals surface area contributed by atoms with Gasteiger partial charge in [-0.25, -0.2) is 0 Å². The van der Waals surface area contributed by atoms with Crippen molar-refractivity contribution in [3.63, 3.8) is 0 Å². The lowest BCUT2D eigenvalue weighted by Gasteiger charge is -2.41. The first-order valence-corrected chi connectivity index (χ1v) is 7.07. The zero-order chi connectivity index (χ0) is 17.3. The topological polar surface area (TPSA) is 190 Å². The first kappa shape index (κ1) is 18.9. The van der Waals surface area contributed by atoms with E-state index < -0.39 is 74.6 Å². The Morgan fingerprint density at radius 3 is 1.83 bits per heavy atom. The van der Waals surface area contributed by atoms with Gasteiger partial charge in [-0.1, -0.05) is 0 Å². The highest BCUT2D eigenvalue weighted by Gasteiger charge is 2.46. The zero-order valence-corrected chi connectivity index (χ0v) is 12.0. The molecule has 0 bridgehead atoms. The standard InChI is InChI=1S/C12H22O11/c13-1-3-5(14)8(17)10(19)12(23-3)21-2-4-6(15)7(16)9(18)11(20)22-4/h3-20H,1-2H2/t3-,4-,5-,6-,7-,8+,9-,10-,11+,12+/m1/s1. The fourth-order valence-electron chi connectivity index (χ4n) is 2.46. The van der Waals surface area contributed by atoms with Crippen LogP contribution < -0.4 is 0 Å². The van der Waals surface area contributed by atoms with E-state index in [9.17, 15) is 35.7 Å². The zero-order valence-electron chi connectivity index (χ0n) is 12.0. The van der Waals surface area contributed by atoms with Gasteiger partial charge in [0.1, 0.15) is 48.8 Å². The van der Waals surface area contributed by atoms with E-state index >= 15 is 0 Å². The smallest absolute Gasteiger partial charge is 0.186 e. The Kier molecular flexibility index (Phi) is 6.27.